The van der Waals surface area contributed by atoms with E-state index in [1.165, 1.54) is 18.2 Å². The zero-order valence-electron chi connectivity index (χ0n) is 8.85. The summed E-state index contributed by atoms with van der Waals surface area (Å²) < 4.78 is 4.93. The van der Waals surface area contributed by atoms with Gasteiger partial charge in [0, 0.05) is 17.7 Å². The van der Waals surface area contributed by atoms with Crippen LogP contribution in [0.15, 0.2) is 18.2 Å². The molecule has 0 aliphatic carbocycles. The summed E-state index contributed by atoms with van der Waals surface area (Å²) >= 11 is 5.83. The van der Waals surface area contributed by atoms with Gasteiger partial charge in [-0.05, 0) is 6.07 Å². The SMILES string of the molecule is O=[N+]([O-])c1ccc(C#CCOCCO)c(Cl)c1. The van der Waals surface area contributed by atoms with Gasteiger partial charge in [0.05, 0.1) is 23.2 Å². The quantitative estimate of drug-likeness (QED) is 0.384. The average molecular weight is 256 g/mol. The fourth-order valence-corrected chi connectivity index (χ4v) is 1.26. The van der Waals surface area contributed by atoms with Gasteiger partial charge >= 0.3 is 0 Å². The van der Waals surface area contributed by atoms with E-state index in [0.29, 0.717) is 5.56 Å². The third-order valence-electron chi connectivity index (χ3n) is 1.80. The predicted molar refractivity (Wildman–Crippen MR) is 62.9 cm³/mol. The lowest BCUT2D eigenvalue weighted by atomic mass is 10.2. The van der Waals surface area contributed by atoms with Gasteiger partial charge in [0.25, 0.3) is 5.69 Å². The van der Waals surface area contributed by atoms with Crippen LogP contribution in [0.1, 0.15) is 5.56 Å². The Balaban J connectivity index is 2.69. The lowest BCUT2D eigenvalue weighted by molar-refractivity contribution is -0.384. The minimum atomic E-state index is -0.520. The van der Waals surface area contributed by atoms with Crippen LogP contribution in [0.5, 0.6) is 0 Å². The first kappa shape index (κ1) is 13.5. The lowest BCUT2D eigenvalue weighted by Gasteiger charge is -1.96. The highest BCUT2D eigenvalue weighted by atomic mass is 35.5. The van der Waals surface area contributed by atoms with Crippen molar-refractivity contribution >= 4 is 17.3 Å². The molecular weight excluding hydrogens is 246 g/mol. The molecule has 90 valence electrons. The number of rotatable bonds is 4. The molecule has 1 N–H and O–H groups in total. The number of non-ortho nitro benzene ring substituents is 1. The molecule has 1 aromatic carbocycles. The number of benzene rings is 1. The molecule has 0 atom stereocenters. The molecule has 0 saturated carbocycles. The molecule has 0 fully saturated rings. The van der Waals surface area contributed by atoms with E-state index in [2.05, 4.69) is 11.8 Å². The molecule has 0 aliphatic rings. The number of ether oxygens (including phenoxy) is 1. The fraction of sp³-hybridized carbons (Fsp3) is 0.273. The van der Waals surface area contributed by atoms with E-state index >= 15 is 0 Å². The Morgan fingerprint density at radius 2 is 2.29 bits per heavy atom. The first-order chi connectivity index (χ1) is 8.15. The first-order valence-corrected chi connectivity index (χ1v) is 5.14. The standard InChI is InChI=1S/C11H10ClNO4/c12-11-8-10(13(15)16)4-3-9(11)2-1-6-17-7-5-14/h3-4,8,14H,5-7H2. The monoisotopic (exact) mass is 255 g/mol. The van der Waals surface area contributed by atoms with Crippen LogP contribution in [0.2, 0.25) is 5.02 Å². The van der Waals surface area contributed by atoms with Crippen molar-refractivity contribution in [2.75, 3.05) is 19.8 Å². The highest BCUT2D eigenvalue weighted by Crippen LogP contribution is 2.21. The van der Waals surface area contributed by atoms with Crippen LogP contribution >= 0.6 is 11.6 Å². The van der Waals surface area contributed by atoms with Gasteiger partial charge in [-0.2, -0.15) is 0 Å². The van der Waals surface area contributed by atoms with Crippen LogP contribution in [0, 0.1) is 22.0 Å². The van der Waals surface area contributed by atoms with Crippen LogP contribution < -0.4 is 0 Å². The van der Waals surface area contributed by atoms with E-state index in [4.69, 9.17) is 21.4 Å². The van der Waals surface area contributed by atoms with E-state index < -0.39 is 4.92 Å². The Labute approximate surface area is 103 Å². The largest absolute Gasteiger partial charge is 0.394 e. The normalized spacial score (nSPS) is 9.53. The second kappa shape index (κ2) is 6.86. The second-order valence-corrected chi connectivity index (χ2v) is 3.41. The number of hydrogen-bond acceptors (Lipinski definition) is 4. The molecule has 0 spiro atoms. The lowest BCUT2D eigenvalue weighted by Crippen LogP contribution is -1.98. The molecule has 0 saturated heterocycles. The molecule has 0 radical (unpaired) electrons. The van der Waals surface area contributed by atoms with Gasteiger partial charge in [0.15, 0.2) is 0 Å². The fourth-order valence-electron chi connectivity index (χ4n) is 1.04. The molecule has 17 heavy (non-hydrogen) atoms. The van der Waals surface area contributed by atoms with Gasteiger partial charge in [0.2, 0.25) is 0 Å². The zero-order chi connectivity index (χ0) is 12.7. The van der Waals surface area contributed by atoms with Gasteiger partial charge in [0.1, 0.15) is 6.61 Å². The van der Waals surface area contributed by atoms with Crippen LogP contribution in [-0.2, 0) is 4.74 Å². The molecule has 0 bridgehead atoms. The average Bonchev–Trinajstić information content (AvgIpc) is 2.30. The van der Waals surface area contributed by atoms with E-state index in [0.717, 1.165) is 0 Å². The van der Waals surface area contributed by atoms with Crippen molar-refractivity contribution < 1.29 is 14.8 Å². The van der Waals surface area contributed by atoms with Crippen molar-refractivity contribution in [2.24, 2.45) is 0 Å². The second-order valence-electron chi connectivity index (χ2n) is 3.00. The maximum Gasteiger partial charge on any atom is 0.271 e. The Hall–Kier alpha value is -1.61. The molecule has 0 heterocycles. The van der Waals surface area contributed by atoms with Crippen LogP contribution in [-0.4, -0.2) is 29.9 Å². The number of hydrogen-bond donors (Lipinski definition) is 1. The number of halogens is 1. The van der Waals surface area contributed by atoms with E-state index in [9.17, 15) is 10.1 Å². The number of nitro groups is 1. The van der Waals surface area contributed by atoms with E-state index in [1.807, 2.05) is 0 Å². The Morgan fingerprint density at radius 3 is 2.88 bits per heavy atom. The van der Waals surface area contributed by atoms with Crippen molar-refractivity contribution in [2.45, 2.75) is 0 Å². The van der Waals surface area contributed by atoms with Gasteiger partial charge in [-0.1, -0.05) is 23.4 Å². The Bertz CT molecular complexity index is 464. The summed E-state index contributed by atoms with van der Waals surface area (Å²) in [5.74, 6) is 5.42. The summed E-state index contributed by atoms with van der Waals surface area (Å²) in [6, 6.07) is 4.07. The number of aliphatic hydroxyl groups excluding tert-OH is 1. The van der Waals surface area contributed by atoms with Gasteiger partial charge in [-0.3, -0.25) is 10.1 Å². The molecule has 0 amide bonds. The molecule has 6 heteroatoms. The molecule has 0 unspecified atom stereocenters. The molecule has 1 rings (SSSR count). The molecule has 0 aliphatic heterocycles. The Kier molecular flexibility index (Phi) is 5.43. The first-order valence-electron chi connectivity index (χ1n) is 4.76. The smallest absolute Gasteiger partial charge is 0.271 e. The highest BCUT2D eigenvalue weighted by molar-refractivity contribution is 6.32. The summed E-state index contributed by atoms with van der Waals surface area (Å²) in [4.78, 5) is 9.94. The van der Waals surface area contributed by atoms with Crippen LogP contribution in [0.4, 0.5) is 5.69 Å². The van der Waals surface area contributed by atoms with Crippen molar-refractivity contribution in [3.05, 3.63) is 38.9 Å². The maximum absolute atomic E-state index is 10.5. The summed E-state index contributed by atoms with van der Waals surface area (Å²) in [6.45, 7) is 0.344. The van der Waals surface area contributed by atoms with Crippen molar-refractivity contribution in [1.29, 1.82) is 0 Å². The zero-order valence-corrected chi connectivity index (χ0v) is 9.61. The Morgan fingerprint density at radius 1 is 1.53 bits per heavy atom. The van der Waals surface area contributed by atoms with Gasteiger partial charge in [-0.15, -0.1) is 0 Å². The van der Waals surface area contributed by atoms with Gasteiger partial charge in [-0.25, -0.2) is 0 Å². The van der Waals surface area contributed by atoms with Gasteiger partial charge < -0.3 is 9.84 Å². The van der Waals surface area contributed by atoms with E-state index in [-0.39, 0.29) is 30.5 Å². The summed E-state index contributed by atoms with van der Waals surface area (Å²) in [7, 11) is 0. The number of nitro benzene ring substituents is 1. The third kappa shape index (κ3) is 4.41. The van der Waals surface area contributed by atoms with Crippen LogP contribution in [0.25, 0.3) is 0 Å². The highest BCUT2D eigenvalue weighted by Gasteiger charge is 2.07. The summed E-state index contributed by atoms with van der Waals surface area (Å²) in [5.41, 5.74) is 0.432. The topological polar surface area (TPSA) is 72.6 Å². The van der Waals surface area contributed by atoms with Crippen molar-refractivity contribution in [3.8, 4) is 11.8 Å². The molecule has 1 aromatic rings. The molecule has 0 aromatic heterocycles. The summed E-state index contributed by atoms with van der Waals surface area (Å²) in [5, 5.41) is 19.1. The van der Waals surface area contributed by atoms with Crippen molar-refractivity contribution in [1.82, 2.24) is 0 Å². The van der Waals surface area contributed by atoms with Crippen LogP contribution in [0.3, 0.4) is 0 Å². The number of nitrogens with zero attached hydrogens (tertiary/aromatic N) is 1. The minimum Gasteiger partial charge on any atom is -0.394 e. The number of aliphatic hydroxyl groups is 1. The molecule has 5 nitrogen and oxygen atoms in total. The molecular formula is C11H10ClNO4. The van der Waals surface area contributed by atoms with Crippen molar-refractivity contribution in [3.63, 3.8) is 0 Å². The maximum atomic E-state index is 10.5. The predicted octanol–water partition coefficient (Wildman–Crippen LogP) is 1.61. The summed E-state index contributed by atoms with van der Waals surface area (Å²) in [6.07, 6.45) is 0. The van der Waals surface area contributed by atoms with E-state index in [1.54, 1.807) is 0 Å². The third-order valence-corrected chi connectivity index (χ3v) is 2.11. The minimum absolute atomic E-state index is 0.0556.